The fraction of sp³-hybridized carbons (Fsp3) is 0.286. The molecule has 1 aromatic carbocycles. The summed E-state index contributed by atoms with van der Waals surface area (Å²) in [5.74, 6) is 0.339. The Hall–Kier alpha value is -3.26. The van der Waals surface area contributed by atoms with E-state index in [1.165, 1.54) is 13.3 Å². The first kappa shape index (κ1) is 18.7. The fourth-order valence-electron chi connectivity index (χ4n) is 3.90. The van der Waals surface area contributed by atoms with Crippen molar-refractivity contribution >= 4 is 45.0 Å². The van der Waals surface area contributed by atoms with Gasteiger partial charge in [0.2, 0.25) is 0 Å². The predicted molar refractivity (Wildman–Crippen MR) is 115 cm³/mol. The van der Waals surface area contributed by atoms with Crippen molar-refractivity contribution in [1.29, 1.82) is 0 Å². The fourth-order valence-corrected chi connectivity index (χ4v) is 4.16. The number of rotatable bonds is 5. The summed E-state index contributed by atoms with van der Waals surface area (Å²) in [6, 6.07) is 7.38. The van der Waals surface area contributed by atoms with Crippen molar-refractivity contribution in [2.24, 2.45) is 0 Å². The van der Waals surface area contributed by atoms with Crippen LogP contribution >= 0.6 is 11.6 Å². The number of ketones is 1. The van der Waals surface area contributed by atoms with Crippen LogP contribution < -0.4 is 10.9 Å². The zero-order valence-electron chi connectivity index (χ0n) is 16.4. The molecule has 0 spiro atoms. The van der Waals surface area contributed by atoms with Crippen molar-refractivity contribution < 1.29 is 4.79 Å². The zero-order chi connectivity index (χ0) is 21.0. The first-order valence-electron chi connectivity index (χ1n) is 9.76. The summed E-state index contributed by atoms with van der Waals surface area (Å²) in [6.07, 6.45) is 3.32. The maximum atomic E-state index is 13.3. The Morgan fingerprint density at radius 2 is 2.10 bits per heavy atom. The number of nitrogens with zero attached hydrogens (tertiary/aromatic N) is 4. The van der Waals surface area contributed by atoms with Crippen LogP contribution in [0.25, 0.3) is 21.8 Å². The molecule has 3 heterocycles. The predicted octanol–water partition coefficient (Wildman–Crippen LogP) is 4.03. The summed E-state index contributed by atoms with van der Waals surface area (Å²) in [6.45, 7) is 3.43. The van der Waals surface area contributed by atoms with Gasteiger partial charge in [0.25, 0.3) is 5.56 Å². The van der Waals surface area contributed by atoms with Gasteiger partial charge in [0.15, 0.2) is 11.4 Å². The Morgan fingerprint density at radius 3 is 2.83 bits per heavy atom. The molecule has 0 radical (unpaired) electrons. The van der Waals surface area contributed by atoms with Gasteiger partial charge in [-0.05, 0) is 37.3 Å². The number of aromatic nitrogens is 5. The molecule has 1 atom stereocenters. The van der Waals surface area contributed by atoms with Gasteiger partial charge >= 0.3 is 0 Å². The molecule has 152 valence electrons. The smallest absolute Gasteiger partial charge is 0.260 e. The molecule has 1 aliphatic rings. The Bertz CT molecular complexity index is 1370. The van der Waals surface area contributed by atoms with Crippen LogP contribution in [0.3, 0.4) is 0 Å². The van der Waals surface area contributed by atoms with Crippen LogP contribution in [0, 0.1) is 0 Å². The molecule has 8 nitrogen and oxygen atoms in total. The van der Waals surface area contributed by atoms with Crippen LogP contribution in [0.15, 0.2) is 35.4 Å². The molecule has 30 heavy (non-hydrogen) atoms. The minimum Gasteiger partial charge on any atom is -0.361 e. The van der Waals surface area contributed by atoms with Crippen LogP contribution in [-0.4, -0.2) is 30.5 Å². The molecule has 0 saturated heterocycles. The lowest BCUT2D eigenvalue weighted by atomic mass is 10.1. The standard InChI is InChI=1S/C21H19ClN6O2/c1-10(25-19-17-18(11(2)29)26-27-20(17)24-9-23-19)15-8-12-4-3-5-14(22)16(12)21(30)28(15)13-6-7-13/h3-5,8-10,13H,6-7H2,1-2H3,(H2,23,24,25,26,27)/t10-/m0/s1. The van der Waals surface area contributed by atoms with Crippen LogP contribution in [0.2, 0.25) is 5.02 Å². The van der Waals surface area contributed by atoms with Gasteiger partial charge in [-0.3, -0.25) is 14.7 Å². The highest BCUT2D eigenvalue weighted by molar-refractivity contribution is 6.35. The molecule has 1 fully saturated rings. The molecule has 3 aromatic heterocycles. The van der Waals surface area contributed by atoms with E-state index in [4.69, 9.17) is 11.6 Å². The molecule has 0 amide bonds. The molecule has 1 saturated carbocycles. The first-order chi connectivity index (χ1) is 14.5. The number of H-pyrrole nitrogens is 1. The molecule has 9 heteroatoms. The summed E-state index contributed by atoms with van der Waals surface area (Å²) >= 11 is 6.33. The van der Waals surface area contributed by atoms with Crippen molar-refractivity contribution in [2.45, 2.75) is 38.8 Å². The maximum Gasteiger partial charge on any atom is 0.260 e. The Morgan fingerprint density at radius 1 is 1.30 bits per heavy atom. The lowest BCUT2D eigenvalue weighted by Crippen LogP contribution is -2.26. The second kappa shape index (κ2) is 6.91. The molecule has 0 aliphatic heterocycles. The highest BCUT2D eigenvalue weighted by atomic mass is 35.5. The van der Waals surface area contributed by atoms with E-state index in [1.807, 2.05) is 29.7 Å². The number of carbonyl (C=O) groups is 1. The van der Waals surface area contributed by atoms with Crippen molar-refractivity contribution in [3.8, 4) is 0 Å². The van der Waals surface area contributed by atoms with Gasteiger partial charge in [0.05, 0.1) is 21.8 Å². The Kier molecular flexibility index (Phi) is 4.32. The van der Waals surface area contributed by atoms with Gasteiger partial charge in [-0.15, -0.1) is 0 Å². The number of aromatic amines is 1. The normalized spacial score (nSPS) is 14.9. The van der Waals surface area contributed by atoms with E-state index in [0.29, 0.717) is 33.0 Å². The number of anilines is 1. The number of fused-ring (bicyclic) bond motifs is 2. The Balaban J connectivity index is 1.64. The zero-order valence-corrected chi connectivity index (χ0v) is 17.2. The summed E-state index contributed by atoms with van der Waals surface area (Å²) in [5.41, 5.74) is 1.53. The number of nitrogens with one attached hydrogen (secondary N) is 2. The summed E-state index contributed by atoms with van der Waals surface area (Å²) in [5, 5.41) is 12.5. The quantitative estimate of drug-likeness (QED) is 0.470. The van der Waals surface area contributed by atoms with Gasteiger partial charge < -0.3 is 9.88 Å². The molecule has 4 aromatic rings. The maximum absolute atomic E-state index is 13.3. The molecule has 5 rings (SSSR count). The SMILES string of the molecule is CC(=O)c1[nH]nc2ncnc(N[C@@H](C)c3cc4cccc(Cl)c4c(=O)n3C3CC3)c12. The van der Waals surface area contributed by atoms with Gasteiger partial charge in [-0.2, -0.15) is 5.10 Å². The van der Waals surface area contributed by atoms with Crippen LogP contribution in [0.4, 0.5) is 5.82 Å². The third-order valence-electron chi connectivity index (χ3n) is 5.47. The average molecular weight is 423 g/mol. The minimum absolute atomic E-state index is 0.0789. The lowest BCUT2D eigenvalue weighted by Gasteiger charge is -2.21. The molecule has 0 unspecified atom stereocenters. The van der Waals surface area contributed by atoms with Crippen LogP contribution in [0.5, 0.6) is 0 Å². The van der Waals surface area contributed by atoms with Crippen molar-refractivity contribution in [3.05, 3.63) is 57.4 Å². The van der Waals surface area contributed by atoms with E-state index in [2.05, 4.69) is 25.5 Å². The van der Waals surface area contributed by atoms with E-state index in [-0.39, 0.29) is 23.4 Å². The Labute approximate surface area is 176 Å². The number of halogens is 1. The molecule has 1 aliphatic carbocycles. The van der Waals surface area contributed by atoms with Gasteiger partial charge in [-0.1, -0.05) is 23.7 Å². The van der Waals surface area contributed by atoms with Crippen molar-refractivity contribution in [1.82, 2.24) is 24.7 Å². The second-order valence-corrected chi connectivity index (χ2v) is 8.03. The van der Waals surface area contributed by atoms with E-state index < -0.39 is 0 Å². The largest absolute Gasteiger partial charge is 0.361 e. The second-order valence-electron chi connectivity index (χ2n) is 7.62. The highest BCUT2D eigenvalue weighted by Gasteiger charge is 2.30. The monoisotopic (exact) mass is 422 g/mol. The number of pyridine rings is 1. The van der Waals surface area contributed by atoms with E-state index >= 15 is 0 Å². The minimum atomic E-state index is -0.255. The number of hydrogen-bond donors (Lipinski definition) is 2. The van der Waals surface area contributed by atoms with Crippen molar-refractivity contribution in [2.75, 3.05) is 5.32 Å². The number of Topliss-reactive ketones (excluding diaryl/α,β-unsaturated/α-hetero) is 1. The molecular weight excluding hydrogens is 404 g/mol. The number of hydrogen-bond acceptors (Lipinski definition) is 6. The molecule has 0 bridgehead atoms. The highest BCUT2D eigenvalue weighted by Crippen LogP contribution is 2.38. The topological polar surface area (TPSA) is 106 Å². The van der Waals surface area contributed by atoms with Crippen molar-refractivity contribution in [3.63, 3.8) is 0 Å². The van der Waals surface area contributed by atoms with Gasteiger partial charge in [0, 0.05) is 18.7 Å². The summed E-state index contributed by atoms with van der Waals surface area (Å²) in [7, 11) is 0. The van der Waals surface area contributed by atoms with Crippen LogP contribution in [-0.2, 0) is 0 Å². The van der Waals surface area contributed by atoms with E-state index in [0.717, 1.165) is 23.9 Å². The first-order valence-corrected chi connectivity index (χ1v) is 10.1. The number of carbonyl (C=O) groups excluding carboxylic acids is 1. The van der Waals surface area contributed by atoms with Gasteiger partial charge in [0.1, 0.15) is 17.8 Å². The third-order valence-corrected chi connectivity index (χ3v) is 5.79. The summed E-state index contributed by atoms with van der Waals surface area (Å²) < 4.78 is 1.84. The van der Waals surface area contributed by atoms with E-state index in [9.17, 15) is 9.59 Å². The number of benzene rings is 1. The van der Waals surface area contributed by atoms with E-state index in [1.54, 1.807) is 6.07 Å². The molecule has 2 N–H and O–H groups in total. The van der Waals surface area contributed by atoms with Crippen LogP contribution in [0.1, 0.15) is 55.0 Å². The lowest BCUT2D eigenvalue weighted by molar-refractivity contribution is 0.101. The molecular formula is C21H19ClN6O2. The third kappa shape index (κ3) is 2.95. The van der Waals surface area contributed by atoms with Gasteiger partial charge in [-0.25, -0.2) is 9.97 Å². The average Bonchev–Trinajstić information content (AvgIpc) is 3.44. The summed E-state index contributed by atoms with van der Waals surface area (Å²) in [4.78, 5) is 33.7.